The van der Waals surface area contributed by atoms with Crippen molar-refractivity contribution in [1.29, 1.82) is 0 Å². The lowest BCUT2D eigenvalue weighted by Gasteiger charge is -2.21. The van der Waals surface area contributed by atoms with Crippen LogP contribution in [0.2, 0.25) is 0 Å². The summed E-state index contributed by atoms with van der Waals surface area (Å²) in [5.74, 6) is 0. The third kappa shape index (κ3) is 2.91. The van der Waals surface area contributed by atoms with E-state index in [9.17, 15) is 0 Å². The Morgan fingerprint density at radius 2 is 1.69 bits per heavy atom. The van der Waals surface area contributed by atoms with Crippen LogP contribution in [0.1, 0.15) is 61.1 Å². The maximum Gasteiger partial charge on any atom is 0.417 e. The van der Waals surface area contributed by atoms with Crippen LogP contribution in [0.5, 0.6) is 0 Å². The van der Waals surface area contributed by atoms with Gasteiger partial charge in [0.25, 0.3) is 0 Å². The van der Waals surface area contributed by atoms with Crippen LogP contribution in [0.15, 0.2) is 89.6 Å². The monoisotopic (exact) mass is 547 g/mol. The maximum absolute atomic E-state index is 8.63. The molecule has 0 amide bonds. The van der Waals surface area contributed by atoms with E-state index < -0.39 is 5.66 Å². The molecule has 2 aliphatic heterocycles. The van der Waals surface area contributed by atoms with Gasteiger partial charge in [0.2, 0.25) is 11.4 Å². The maximum atomic E-state index is 8.63. The molecular weight excluding hydrogens is 512 g/mol. The van der Waals surface area contributed by atoms with Gasteiger partial charge in [0.15, 0.2) is 12.4 Å². The van der Waals surface area contributed by atoms with Crippen LogP contribution in [0.3, 0.4) is 0 Å². The molecule has 0 saturated heterocycles. The van der Waals surface area contributed by atoms with E-state index in [1.807, 2.05) is 0 Å². The second-order valence-corrected chi connectivity index (χ2v) is 13.6. The molecule has 3 heteroatoms. The number of aromatic nitrogens is 2. The molecule has 1 spiro atoms. The number of hydrogen-bond donors (Lipinski definition) is 0. The first-order valence-electron chi connectivity index (χ1n) is 15.7. The molecule has 204 valence electrons. The summed E-state index contributed by atoms with van der Waals surface area (Å²) in [5, 5.41) is 2.33. The van der Waals surface area contributed by atoms with Crippen LogP contribution in [0.4, 0.5) is 0 Å². The minimum absolute atomic E-state index is 0.0959. The molecule has 3 aromatic heterocycles. The second kappa shape index (κ2) is 7.86. The fourth-order valence-corrected chi connectivity index (χ4v) is 7.89. The standard InChI is InChI=1S/C39H34N2O/c1-23-13-18-33-30-10-6-7-12-31(30)39(40(33)21-23)32-17-16-29-28-15-14-25-9-8-11-27(25)36(28)42-37(29)35(32)34-19-26(20-38(3,4)5)24(2)22-41(34)39/h6-8,10-19,21-22H,9,20H2,1-5H3/q+2/i2D. The van der Waals surface area contributed by atoms with Gasteiger partial charge in [-0.1, -0.05) is 57.2 Å². The van der Waals surface area contributed by atoms with E-state index in [4.69, 9.17) is 5.79 Å². The summed E-state index contributed by atoms with van der Waals surface area (Å²) in [6.45, 7) is 9.26. The van der Waals surface area contributed by atoms with Gasteiger partial charge in [0.05, 0.1) is 5.56 Å². The SMILES string of the molecule is [2H]Cc1c[n+]2c(cc1CC(C)(C)C)-c1c(ccc3c1oc1c4c(ccc13)CC=C4)C21c2ccccc2-c2ccc(C)c[n+]21. The van der Waals surface area contributed by atoms with Crippen LogP contribution < -0.4 is 9.13 Å². The molecule has 0 bridgehead atoms. The average Bonchev–Trinajstić information content (AvgIpc) is 3.73. The highest BCUT2D eigenvalue weighted by Gasteiger charge is 2.67. The Kier molecular flexibility index (Phi) is 4.32. The van der Waals surface area contributed by atoms with Gasteiger partial charge in [0, 0.05) is 41.0 Å². The zero-order valence-electron chi connectivity index (χ0n) is 25.6. The summed E-state index contributed by atoms with van der Waals surface area (Å²) in [7, 11) is 0. The fourth-order valence-electron chi connectivity index (χ4n) is 7.89. The molecule has 0 radical (unpaired) electrons. The number of pyridine rings is 2. The predicted molar refractivity (Wildman–Crippen MR) is 168 cm³/mol. The van der Waals surface area contributed by atoms with Crippen molar-refractivity contribution >= 4 is 28.0 Å². The van der Waals surface area contributed by atoms with Gasteiger partial charge in [-0.2, -0.15) is 0 Å². The van der Waals surface area contributed by atoms with Gasteiger partial charge in [0.1, 0.15) is 27.9 Å². The number of nitrogens with zero attached hydrogens (tertiary/aromatic N) is 2. The first kappa shape index (κ1) is 23.1. The molecule has 1 aliphatic carbocycles. The minimum Gasteiger partial charge on any atom is -0.454 e. The van der Waals surface area contributed by atoms with Crippen LogP contribution in [0, 0.1) is 19.2 Å². The second-order valence-electron chi connectivity index (χ2n) is 13.6. The van der Waals surface area contributed by atoms with Crippen molar-refractivity contribution in [3.63, 3.8) is 0 Å². The van der Waals surface area contributed by atoms with Crippen molar-refractivity contribution in [2.45, 2.75) is 53.1 Å². The first-order chi connectivity index (χ1) is 20.8. The molecule has 1 atom stereocenters. The summed E-state index contributed by atoms with van der Waals surface area (Å²) in [6.07, 6.45) is 10.9. The quantitative estimate of drug-likeness (QED) is 0.190. The molecule has 6 aromatic rings. The van der Waals surface area contributed by atoms with Crippen molar-refractivity contribution in [2.24, 2.45) is 5.41 Å². The summed E-state index contributed by atoms with van der Waals surface area (Å²) >= 11 is 0. The van der Waals surface area contributed by atoms with E-state index in [0.29, 0.717) is 0 Å². The third-order valence-corrected chi connectivity index (χ3v) is 9.55. The zero-order chi connectivity index (χ0) is 29.2. The van der Waals surface area contributed by atoms with Crippen LogP contribution in [0.25, 0.3) is 50.5 Å². The van der Waals surface area contributed by atoms with Crippen molar-refractivity contribution in [2.75, 3.05) is 0 Å². The van der Waals surface area contributed by atoms with Crippen LogP contribution in [-0.2, 0) is 18.5 Å². The van der Waals surface area contributed by atoms with Crippen molar-refractivity contribution in [3.8, 4) is 22.5 Å². The van der Waals surface area contributed by atoms with Gasteiger partial charge < -0.3 is 4.42 Å². The molecule has 0 saturated carbocycles. The number of furan rings is 1. The van der Waals surface area contributed by atoms with Crippen LogP contribution in [-0.4, -0.2) is 0 Å². The molecule has 3 nitrogen and oxygen atoms in total. The van der Waals surface area contributed by atoms with Gasteiger partial charge in [-0.3, -0.25) is 0 Å². The van der Waals surface area contributed by atoms with E-state index in [2.05, 4.69) is 128 Å². The van der Waals surface area contributed by atoms with E-state index in [-0.39, 0.29) is 12.3 Å². The van der Waals surface area contributed by atoms with Crippen molar-refractivity contribution < 1.29 is 14.9 Å². The number of fused-ring (bicyclic) bond motifs is 16. The van der Waals surface area contributed by atoms with Gasteiger partial charge >= 0.3 is 5.66 Å². The summed E-state index contributed by atoms with van der Waals surface area (Å²) in [6, 6.07) is 24.8. The zero-order valence-corrected chi connectivity index (χ0v) is 24.6. The minimum atomic E-state index is -0.623. The lowest BCUT2D eigenvalue weighted by Crippen LogP contribution is -2.71. The Morgan fingerprint density at radius 3 is 2.55 bits per heavy atom. The lowest BCUT2D eigenvalue weighted by atomic mass is 9.86. The Labute approximate surface area is 247 Å². The van der Waals surface area contributed by atoms with Gasteiger partial charge in [-0.25, -0.2) is 0 Å². The normalized spacial score (nSPS) is 18.0. The number of rotatable bonds is 1. The Balaban J connectivity index is 1.48. The van der Waals surface area contributed by atoms with Crippen molar-refractivity contribution in [3.05, 3.63) is 124 Å². The summed E-state index contributed by atoms with van der Waals surface area (Å²) in [5.41, 5.74) is 14.7. The fraction of sp³-hybridized carbons (Fsp3) is 0.231. The molecule has 3 aromatic carbocycles. The van der Waals surface area contributed by atoms with E-state index in [0.717, 1.165) is 46.2 Å². The molecule has 0 N–H and O–H groups in total. The Bertz CT molecular complexity index is 2230. The Morgan fingerprint density at radius 1 is 0.881 bits per heavy atom. The molecule has 42 heavy (non-hydrogen) atoms. The van der Waals surface area contributed by atoms with E-state index in [1.165, 1.54) is 50.0 Å². The highest BCUT2D eigenvalue weighted by atomic mass is 16.3. The van der Waals surface area contributed by atoms with Crippen LogP contribution >= 0.6 is 0 Å². The number of allylic oxidation sites excluding steroid dienone is 1. The van der Waals surface area contributed by atoms with Gasteiger partial charge in [-0.05, 0) is 73.5 Å². The number of aryl methyl sites for hydroxylation is 2. The highest BCUT2D eigenvalue weighted by molar-refractivity contribution is 6.12. The predicted octanol–water partition coefficient (Wildman–Crippen LogP) is 8.19. The summed E-state index contributed by atoms with van der Waals surface area (Å²) < 4.78 is 20.5. The molecular formula is C39H34N2O+2. The topological polar surface area (TPSA) is 20.9 Å². The lowest BCUT2D eigenvalue weighted by molar-refractivity contribution is -0.955. The first-order valence-corrected chi connectivity index (χ1v) is 15.0. The van der Waals surface area contributed by atoms with E-state index >= 15 is 0 Å². The van der Waals surface area contributed by atoms with Gasteiger partial charge in [-0.15, -0.1) is 9.13 Å². The molecule has 1 unspecified atom stereocenters. The Hall–Kier alpha value is -4.50. The highest BCUT2D eigenvalue weighted by Crippen LogP contribution is 2.51. The van der Waals surface area contributed by atoms with Crippen molar-refractivity contribution in [1.82, 2.24) is 0 Å². The third-order valence-electron chi connectivity index (χ3n) is 9.55. The molecule has 3 aliphatic rings. The number of benzene rings is 3. The smallest absolute Gasteiger partial charge is 0.417 e. The molecule has 5 heterocycles. The average molecular weight is 548 g/mol. The largest absolute Gasteiger partial charge is 0.454 e. The molecule has 9 rings (SSSR count). The van der Waals surface area contributed by atoms with E-state index in [1.54, 1.807) is 0 Å². The molecule has 0 fully saturated rings. The summed E-state index contributed by atoms with van der Waals surface area (Å²) in [4.78, 5) is 0. The number of hydrogen-bond acceptors (Lipinski definition) is 1.